The van der Waals surface area contributed by atoms with Crippen molar-refractivity contribution in [3.63, 3.8) is 0 Å². The number of carbonyl (C=O) groups is 1. The van der Waals surface area contributed by atoms with Crippen molar-refractivity contribution in [3.05, 3.63) is 39.3 Å². The standard InChI is InChI=1S/C20H23ClF3N5.C13H25NO2.C7H12FN.2C2H6/c1-5-7-10-11(20(26)28-8-6-2)18(27-4)16(24)19(29-10)12-13(21)9(3)14(22)17(25)15(12)23;1-10(2)9-13(6)7-8-14(13)11(15)16-12(3,4)5;8-6-4-7-2-1-3-9(7)5-6;2*1-2/h4-8,25H2,1-3H3,(H2,26,28);10H,7-9H2,1-6H3;6-7H,1-5H2;2*1-2H3. The van der Waals surface area contributed by atoms with Gasteiger partial charge in [0.1, 0.15) is 34.7 Å². The molecule has 0 aliphatic carbocycles. The third kappa shape index (κ3) is 13.5. The first-order valence-corrected chi connectivity index (χ1v) is 21.4. The molecule has 3 unspecified atom stereocenters. The highest BCUT2D eigenvalue weighted by Crippen LogP contribution is 2.42. The number of amides is 1. The lowest BCUT2D eigenvalue weighted by atomic mass is 9.80. The number of anilines is 1. The van der Waals surface area contributed by atoms with Crippen LogP contribution in [0.3, 0.4) is 0 Å². The number of fused-ring (bicyclic) bond motifs is 1. The van der Waals surface area contributed by atoms with Gasteiger partial charge in [0.05, 0.1) is 21.8 Å². The average Bonchev–Trinajstić information content (AvgIpc) is 3.75. The van der Waals surface area contributed by atoms with Crippen molar-refractivity contribution >= 4 is 41.6 Å². The zero-order chi connectivity index (χ0) is 44.7. The van der Waals surface area contributed by atoms with Crippen molar-refractivity contribution in [3.8, 4) is 11.3 Å². The molecule has 58 heavy (non-hydrogen) atoms. The number of carbonyl (C=O) groups excluding carboxylic acids is 1. The van der Waals surface area contributed by atoms with E-state index in [1.807, 2.05) is 67.2 Å². The Morgan fingerprint density at radius 3 is 2.19 bits per heavy atom. The van der Waals surface area contributed by atoms with Gasteiger partial charge >= 0.3 is 6.09 Å². The van der Waals surface area contributed by atoms with Gasteiger partial charge in [-0.15, -0.1) is 0 Å². The van der Waals surface area contributed by atoms with E-state index in [0.29, 0.717) is 43.6 Å². The van der Waals surface area contributed by atoms with Crippen molar-refractivity contribution in [2.75, 3.05) is 31.9 Å². The van der Waals surface area contributed by atoms with E-state index in [9.17, 15) is 18.0 Å². The Balaban J connectivity index is 0.000000480. The van der Waals surface area contributed by atoms with Gasteiger partial charge in [-0.25, -0.2) is 27.3 Å². The Labute approximate surface area is 351 Å². The van der Waals surface area contributed by atoms with E-state index in [1.54, 1.807) is 0 Å². The number of nitrogen functional groups attached to an aromatic ring is 1. The largest absolute Gasteiger partial charge is 0.444 e. The maximum atomic E-state index is 15.4. The molecule has 3 atom stereocenters. The number of likely N-dealkylation sites (tertiary alicyclic amines) is 1. The molecule has 1 aromatic heterocycles. The highest BCUT2D eigenvalue weighted by molar-refractivity contribution is 6.34. The quantitative estimate of drug-likeness (QED) is 0.112. The molecule has 1 aromatic carbocycles. The Hall–Kier alpha value is -3.45. The van der Waals surface area contributed by atoms with E-state index in [1.165, 1.54) is 19.8 Å². The van der Waals surface area contributed by atoms with Crippen LogP contribution in [0.4, 0.5) is 33.7 Å². The second-order valence-electron chi connectivity index (χ2n) is 16.1. The highest BCUT2D eigenvalue weighted by atomic mass is 35.5. The molecule has 0 bridgehead atoms. The summed E-state index contributed by atoms with van der Waals surface area (Å²) in [7, 11) is 0. The Morgan fingerprint density at radius 1 is 1.09 bits per heavy atom. The summed E-state index contributed by atoms with van der Waals surface area (Å²) < 4.78 is 62.2. The number of hydrogen-bond acceptors (Lipinski definition) is 7. The van der Waals surface area contributed by atoms with Crippen LogP contribution >= 0.6 is 11.6 Å². The minimum atomic E-state index is -1.19. The number of pyridine rings is 1. The number of nitrogens with zero attached hydrogens (tertiary/aromatic N) is 5. The maximum Gasteiger partial charge on any atom is 0.410 e. The average molecular weight is 843 g/mol. The lowest BCUT2D eigenvalue weighted by Gasteiger charge is -2.51. The molecule has 3 fully saturated rings. The van der Waals surface area contributed by atoms with Gasteiger partial charge in [0.15, 0.2) is 17.5 Å². The fourth-order valence-corrected chi connectivity index (χ4v) is 7.54. The molecule has 3 aliphatic heterocycles. The normalized spacial score (nSPS) is 19.9. The number of rotatable bonds is 9. The molecule has 1 amide bonds. The third-order valence-electron chi connectivity index (χ3n) is 9.85. The van der Waals surface area contributed by atoms with E-state index >= 15 is 4.39 Å². The summed E-state index contributed by atoms with van der Waals surface area (Å²) in [6.07, 6.45) is 6.56. The summed E-state index contributed by atoms with van der Waals surface area (Å²) in [5.74, 6) is -2.51. The van der Waals surface area contributed by atoms with E-state index in [-0.39, 0.29) is 39.3 Å². The smallest absolute Gasteiger partial charge is 0.410 e. The highest BCUT2D eigenvalue weighted by Gasteiger charge is 2.45. The van der Waals surface area contributed by atoms with Gasteiger partial charge in [-0.05, 0) is 98.7 Å². The fourth-order valence-electron chi connectivity index (χ4n) is 7.28. The molecule has 3 saturated heterocycles. The van der Waals surface area contributed by atoms with Crippen molar-refractivity contribution in [1.29, 1.82) is 0 Å². The summed E-state index contributed by atoms with van der Waals surface area (Å²) >= 11 is 6.14. The molecule has 4 N–H and O–H groups in total. The second kappa shape index (κ2) is 24.0. The molecule has 0 spiro atoms. The molecule has 0 saturated carbocycles. The van der Waals surface area contributed by atoms with Crippen molar-refractivity contribution < 1.29 is 27.1 Å². The first-order chi connectivity index (χ1) is 27.2. The maximum absolute atomic E-state index is 15.4. The number of halogens is 5. The molecule has 330 valence electrons. The monoisotopic (exact) mass is 842 g/mol. The van der Waals surface area contributed by atoms with E-state index < -0.39 is 46.2 Å². The topological polar surface area (TPSA) is 122 Å². The molecule has 14 heteroatoms. The summed E-state index contributed by atoms with van der Waals surface area (Å²) in [5, 5.41) is -0.321. The Kier molecular flexibility index (Phi) is 21.7. The van der Waals surface area contributed by atoms with Crippen LogP contribution in [-0.2, 0) is 11.2 Å². The predicted octanol–water partition coefficient (Wildman–Crippen LogP) is 11.8. The number of aryl methyl sites for hydroxylation is 1. The molecule has 2 aromatic rings. The lowest BCUT2D eigenvalue weighted by Crippen LogP contribution is -2.61. The van der Waals surface area contributed by atoms with Crippen molar-refractivity contribution in [2.45, 2.75) is 165 Å². The number of ether oxygens (including phenoxy) is 1. The summed E-state index contributed by atoms with van der Waals surface area (Å²) in [5.41, 5.74) is 9.80. The first kappa shape index (κ1) is 52.6. The molecular weight excluding hydrogens is 770 g/mol. The van der Waals surface area contributed by atoms with Crippen LogP contribution < -0.4 is 11.5 Å². The molecule has 3 aliphatic rings. The van der Waals surface area contributed by atoms with Crippen LogP contribution in [0.15, 0.2) is 9.98 Å². The van der Waals surface area contributed by atoms with Gasteiger partial charge < -0.3 is 21.1 Å². The van der Waals surface area contributed by atoms with Crippen LogP contribution in [0, 0.1) is 30.3 Å². The predicted molar refractivity (Wildman–Crippen MR) is 235 cm³/mol. The van der Waals surface area contributed by atoms with E-state index in [2.05, 4.69) is 47.4 Å². The number of nitrogens with two attached hydrogens (primary N) is 2. The summed E-state index contributed by atoms with van der Waals surface area (Å²) in [6.45, 7) is 31.9. The third-order valence-corrected chi connectivity index (χ3v) is 10.3. The molecule has 5 rings (SSSR count). The minimum absolute atomic E-state index is 0.0104. The van der Waals surface area contributed by atoms with Gasteiger partial charge in [-0.2, -0.15) is 0 Å². The van der Waals surface area contributed by atoms with Crippen LogP contribution in [-0.4, -0.2) is 83.0 Å². The molecule has 9 nitrogen and oxygen atoms in total. The number of aromatic nitrogens is 1. The Morgan fingerprint density at radius 2 is 1.71 bits per heavy atom. The van der Waals surface area contributed by atoms with Gasteiger partial charge in [0.25, 0.3) is 0 Å². The van der Waals surface area contributed by atoms with E-state index in [4.69, 9.17) is 27.8 Å². The van der Waals surface area contributed by atoms with Crippen LogP contribution in [0.1, 0.15) is 145 Å². The van der Waals surface area contributed by atoms with Crippen molar-refractivity contribution in [2.24, 2.45) is 21.6 Å². The SMILES string of the molecule is C=Nc1c(F)c(-c2c(F)c(N)c(F)c(C)c2Cl)nc(CCC)c1C(N)=NCCC.CC.CC.CC(C)CC1(C)CCN1C(=O)OC(C)(C)C.FC1CC2CCCN2C1. The molecule has 0 radical (unpaired) electrons. The number of alkyl halides is 1. The van der Waals surface area contributed by atoms with Crippen molar-refractivity contribution in [1.82, 2.24) is 14.8 Å². The number of hydrogen-bond donors (Lipinski definition) is 2. The first-order valence-electron chi connectivity index (χ1n) is 21.0. The zero-order valence-electron chi connectivity index (χ0n) is 37.5. The van der Waals surface area contributed by atoms with Crippen LogP contribution in [0.2, 0.25) is 5.02 Å². The lowest BCUT2D eigenvalue weighted by molar-refractivity contribution is -0.0445. The van der Waals surface area contributed by atoms with Gasteiger partial charge in [-0.1, -0.05) is 73.4 Å². The van der Waals surface area contributed by atoms with Gasteiger partial charge in [-0.3, -0.25) is 14.9 Å². The second-order valence-corrected chi connectivity index (χ2v) is 16.5. The molecule has 4 heterocycles. The summed E-state index contributed by atoms with van der Waals surface area (Å²) in [4.78, 5) is 28.3. The Bertz CT molecular complexity index is 1640. The van der Waals surface area contributed by atoms with E-state index in [0.717, 1.165) is 38.8 Å². The molecular formula is C44H72ClF4N7O2. The minimum Gasteiger partial charge on any atom is -0.444 e. The van der Waals surface area contributed by atoms with Crippen LogP contribution in [0.25, 0.3) is 11.3 Å². The van der Waals surface area contributed by atoms with Gasteiger partial charge in [0, 0.05) is 36.8 Å². The number of amidine groups is 1. The fraction of sp³-hybridized carbons (Fsp3) is 0.682. The number of benzene rings is 1. The van der Waals surface area contributed by atoms with Gasteiger partial charge in [0.2, 0.25) is 0 Å². The summed E-state index contributed by atoms with van der Waals surface area (Å²) in [6, 6.07) is 0.611. The number of aliphatic imine (C=N–C) groups is 2. The van der Waals surface area contributed by atoms with Crippen LogP contribution in [0.5, 0.6) is 0 Å². The zero-order valence-corrected chi connectivity index (χ0v) is 38.3.